The van der Waals surface area contributed by atoms with Crippen LogP contribution in [0.5, 0.6) is 0 Å². The molecule has 20 heavy (non-hydrogen) atoms. The summed E-state index contributed by atoms with van der Waals surface area (Å²) in [5.74, 6) is 0.819. The van der Waals surface area contributed by atoms with E-state index in [1.807, 2.05) is 12.1 Å². The van der Waals surface area contributed by atoms with Crippen molar-refractivity contribution in [3.63, 3.8) is 0 Å². The Hall–Kier alpha value is -1.64. The maximum atomic E-state index is 12.1. The van der Waals surface area contributed by atoms with Crippen molar-refractivity contribution >= 4 is 11.8 Å². The Labute approximate surface area is 119 Å². The molecule has 106 valence electrons. The molecule has 2 aliphatic rings. The van der Waals surface area contributed by atoms with Crippen molar-refractivity contribution in [2.24, 2.45) is 11.8 Å². The van der Waals surface area contributed by atoms with E-state index in [1.165, 1.54) is 6.42 Å². The van der Waals surface area contributed by atoms with Gasteiger partial charge in [-0.1, -0.05) is 32.9 Å². The lowest BCUT2D eigenvalue weighted by molar-refractivity contribution is 0.0878. The molecule has 0 bridgehead atoms. The van der Waals surface area contributed by atoms with Crippen molar-refractivity contribution in [3.05, 3.63) is 34.9 Å². The highest BCUT2D eigenvalue weighted by atomic mass is 16.2. The maximum Gasteiger partial charge on any atom is 0.259 e. The Balaban J connectivity index is 2.11. The summed E-state index contributed by atoms with van der Waals surface area (Å²) in [4.78, 5) is 23.9. The summed E-state index contributed by atoms with van der Waals surface area (Å²) in [5, 5.41) is 2.42. The van der Waals surface area contributed by atoms with Crippen LogP contribution in [0.4, 0.5) is 0 Å². The third-order valence-electron chi connectivity index (χ3n) is 4.82. The molecule has 1 aromatic carbocycles. The van der Waals surface area contributed by atoms with Gasteiger partial charge in [0.15, 0.2) is 0 Å². The molecule has 1 heterocycles. The summed E-state index contributed by atoms with van der Waals surface area (Å²) >= 11 is 0. The second-order valence-corrected chi connectivity index (χ2v) is 6.93. The fourth-order valence-electron chi connectivity index (χ4n) is 4.42. The van der Waals surface area contributed by atoms with Gasteiger partial charge in [0, 0.05) is 0 Å². The normalized spacial score (nSPS) is 33.0. The molecule has 0 saturated heterocycles. The molecule has 0 spiro atoms. The zero-order valence-corrected chi connectivity index (χ0v) is 12.3. The zero-order chi connectivity index (χ0) is 14.5. The Kier molecular flexibility index (Phi) is 2.96. The largest absolute Gasteiger partial charge is 0.288 e. The smallest absolute Gasteiger partial charge is 0.259 e. The van der Waals surface area contributed by atoms with E-state index in [4.69, 9.17) is 0 Å². The third kappa shape index (κ3) is 1.96. The zero-order valence-electron chi connectivity index (χ0n) is 12.3. The fourth-order valence-corrected chi connectivity index (χ4v) is 4.42. The molecular formula is C17H21NO2. The Bertz CT molecular complexity index is 581. The van der Waals surface area contributed by atoms with Gasteiger partial charge >= 0.3 is 0 Å². The van der Waals surface area contributed by atoms with E-state index in [0.29, 0.717) is 23.0 Å². The number of nitrogens with one attached hydrogen (secondary N) is 1. The Morgan fingerprint density at radius 1 is 1.10 bits per heavy atom. The van der Waals surface area contributed by atoms with E-state index in [9.17, 15) is 9.59 Å². The Morgan fingerprint density at radius 3 is 2.40 bits per heavy atom. The monoisotopic (exact) mass is 271 g/mol. The average molecular weight is 271 g/mol. The van der Waals surface area contributed by atoms with E-state index in [0.717, 1.165) is 18.4 Å². The van der Waals surface area contributed by atoms with Gasteiger partial charge < -0.3 is 0 Å². The summed E-state index contributed by atoms with van der Waals surface area (Å²) in [6, 6.07) is 5.68. The number of amides is 2. The van der Waals surface area contributed by atoms with Crippen LogP contribution < -0.4 is 5.32 Å². The van der Waals surface area contributed by atoms with Crippen LogP contribution in [0.15, 0.2) is 18.2 Å². The summed E-state index contributed by atoms with van der Waals surface area (Å²) in [6.07, 6.45) is 3.40. The molecule has 0 radical (unpaired) electrons. The van der Waals surface area contributed by atoms with Crippen molar-refractivity contribution < 1.29 is 9.59 Å². The lowest BCUT2D eigenvalue weighted by atomic mass is 9.63. The van der Waals surface area contributed by atoms with E-state index in [2.05, 4.69) is 26.1 Å². The number of fused-ring (bicyclic) bond motifs is 1. The van der Waals surface area contributed by atoms with E-state index in [1.54, 1.807) is 6.07 Å². The molecule has 1 aliphatic carbocycles. The van der Waals surface area contributed by atoms with Crippen molar-refractivity contribution in [2.45, 2.75) is 45.4 Å². The molecule has 1 fully saturated rings. The van der Waals surface area contributed by atoms with Crippen LogP contribution in [0, 0.1) is 11.8 Å². The first-order chi connectivity index (χ1) is 9.40. The average Bonchev–Trinajstić information content (AvgIpc) is 2.63. The molecule has 1 saturated carbocycles. The number of carbonyl (C=O) groups excluding carboxylic acids is 2. The molecule has 0 aromatic heterocycles. The van der Waals surface area contributed by atoms with E-state index in [-0.39, 0.29) is 17.2 Å². The molecular weight excluding hydrogens is 250 g/mol. The molecule has 2 amide bonds. The molecule has 1 aromatic rings. The third-order valence-corrected chi connectivity index (χ3v) is 4.82. The number of carbonyl (C=O) groups is 2. The maximum absolute atomic E-state index is 12.1. The molecule has 1 N–H and O–H groups in total. The predicted octanol–water partition coefficient (Wildman–Crippen LogP) is 3.28. The number of rotatable bonds is 1. The van der Waals surface area contributed by atoms with Crippen molar-refractivity contribution in [1.82, 2.24) is 5.32 Å². The summed E-state index contributed by atoms with van der Waals surface area (Å²) in [5.41, 5.74) is 2.20. The van der Waals surface area contributed by atoms with Crippen LogP contribution in [-0.4, -0.2) is 11.8 Å². The standard InChI is InChI=1S/C17H21NO2/c1-10-7-11(2)9-17(3,8-10)13-6-4-5-12-14(13)16(20)18-15(12)19/h4-6,10-11H,7-9H2,1-3H3,(H,18,19,20). The van der Waals surface area contributed by atoms with Gasteiger partial charge in [-0.3, -0.25) is 14.9 Å². The second kappa shape index (κ2) is 4.44. The lowest BCUT2D eigenvalue weighted by Crippen LogP contribution is -2.34. The van der Waals surface area contributed by atoms with Gasteiger partial charge in [0.25, 0.3) is 11.8 Å². The molecule has 3 heteroatoms. The minimum atomic E-state index is -0.257. The Morgan fingerprint density at radius 2 is 1.75 bits per heavy atom. The van der Waals surface area contributed by atoms with Crippen molar-refractivity contribution in [1.29, 1.82) is 0 Å². The van der Waals surface area contributed by atoms with Gasteiger partial charge in [0.1, 0.15) is 0 Å². The van der Waals surface area contributed by atoms with Crippen molar-refractivity contribution in [3.8, 4) is 0 Å². The van der Waals surface area contributed by atoms with Crippen LogP contribution in [0.3, 0.4) is 0 Å². The van der Waals surface area contributed by atoms with Crippen LogP contribution in [0.25, 0.3) is 0 Å². The number of hydrogen-bond acceptors (Lipinski definition) is 2. The van der Waals surface area contributed by atoms with Gasteiger partial charge in [0.05, 0.1) is 11.1 Å². The van der Waals surface area contributed by atoms with Gasteiger partial charge in [0.2, 0.25) is 0 Å². The number of imide groups is 1. The van der Waals surface area contributed by atoms with E-state index >= 15 is 0 Å². The minimum absolute atomic E-state index is 0.00954. The molecule has 2 atom stereocenters. The van der Waals surface area contributed by atoms with Gasteiger partial charge in [-0.25, -0.2) is 0 Å². The first-order valence-corrected chi connectivity index (χ1v) is 7.40. The number of hydrogen-bond donors (Lipinski definition) is 1. The van der Waals surface area contributed by atoms with Crippen LogP contribution in [0.2, 0.25) is 0 Å². The number of benzene rings is 1. The topological polar surface area (TPSA) is 46.2 Å². The fraction of sp³-hybridized carbons (Fsp3) is 0.529. The molecule has 2 unspecified atom stereocenters. The van der Waals surface area contributed by atoms with Crippen LogP contribution in [0.1, 0.15) is 66.3 Å². The molecule has 3 nitrogen and oxygen atoms in total. The van der Waals surface area contributed by atoms with Crippen LogP contribution in [-0.2, 0) is 5.41 Å². The molecule has 3 rings (SSSR count). The SMILES string of the molecule is CC1CC(C)CC(C)(c2cccc3c2C(=O)NC3=O)C1. The summed E-state index contributed by atoms with van der Waals surface area (Å²) in [6.45, 7) is 6.80. The van der Waals surface area contributed by atoms with Crippen molar-refractivity contribution in [2.75, 3.05) is 0 Å². The first kappa shape index (κ1) is 13.3. The highest BCUT2D eigenvalue weighted by molar-refractivity contribution is 6.22. The highest BCUT2D eigenvalue weighted by Crippen LogP contribution is 2.46. The van der Waals surface area contributed by atoms with E-state index < -0.39 is 0 Å². The van der Waals surface area contributed by atoms with Gasteiger partial charge in [-0.05, 0) is 48.1 Å². The lowest BCUT2D eigenvalue weighted by Gasteiger charge is -2.41. The quantitative estimate of drug-likeness (QED) is 0.797. The molecule has 1 aliphatic heterocycles. The van der Waals surface area contributed by atoms with Crippen LogP contribution >= 0.6 is 0 Å². The predicted molar refractivity (Wildman–Crippen MR) is 77.8 cm³/mol. The second-order valence-electron chi connectivity index (χ2n) is 6.93. The minimum Gasteiger partial charge on any atom is -0.288 e. The first-order valence-electron chi connectivity index (χ1n) is 7.40. The van der Waals surface area contributed by atoms with Gasteiger partial charge in [-0.15, -0.1) is 0 Å². The highest BCUT2D eigenvalue weighted by Gasteiger charge is 2.40. The summed E-state index contributed by atoms with van der Waals surface area (Å²) < 4.78 is 0. The van der Waals surface area contributed by atoms with Gasteiger partial charge in [-0.2, -0.15) is 0 Å². The summed E-state index contributed by atoms with van der Waals surface area (Å²) in [7, 11) is 0.